The van der Waals surface area contributed by atoms with Crippen molar-refractivity contribution in [3.8, 4) is 17.2 Å². The van der Waals surface area contributed by atoms with Crippen LogP contribution in [0.4, 0.5) is 0 Å². The Balaban J connectivity index is 1.71. The second-order valence-electron chi connectivity index (χ2n) is 8.18. The summed E-state index contributed by atoms with van der Waals surface area (Å²) >= 11 is 3.44. The number of methoxy groups -OCH3 is 2. The molecule has 8 heteroatoms. The minimum absolute atomic E-state index is 0.217. The third kappa shape index (κ3) is 5.76. The van der Waals surface area contributed by atoms with Crippen LogP contribution >= 0.6 is 15.9 Å². The zero-order chi connectivity index (χ0) is 25.5. The van der Waals surface area contributed by atoms with Crippen LogP contribution < -0.4 is 19.8 Å². The highest BCUT2D eigenvalue weighted by Gasteiger charge is 2.15. The second kappa shape index (κ2) is 11.9. The van der Waals surface area contributed by atoms with E-state index < -0.39 is 0 Å². The summed E-state index contributed by atoms with van der Waals surface area (Å²) in [5, 5.41) is 5.03. The Hall–Kier alpha value is -3.65. The van der Waals surface area contributed by atoms with Crippen LogP contribution in [-0.4, -0.2) is 30.1 Å². The number of aryl methyl sites for hydroxylation is 1. The fraction of sp³-hybridized carbons (Fsp3) is 0.250. The Morgan fingerprint density at radius 1 is 1.03 bits per heavy atom. The van der Waals surface area contributed by atoms with Crippen LogP contribution in [0.1, 0.15) is 36.7 Å². The Labute approximate surface area is 218 Å². The van der Waals surface area contributed by atoms with Gasteiger partial charge in [0.05, 0.1) is 31.3 Å². The molecule has 0 fully saturated rings. The van der Waals surface area contributed by atoms with E-state index >= 15 is 0 Å². The molecule has 0 atom stereocenters. The van der Waals surface area contributed by atoms with Gasteiger partial charge in [-0.05, 0) is 42.3 Å². The van der Waals surface area contributed by atoms with Gasteiger partial charge >= 0.3 is 0 Å². The van der Waals surface area contributed by atoms with Gasteiger partial charge in [0.15, 0.2) is 11.5 Å². The Kier molecular flexibility index (Phi) is 8.38. The predicted molar refractivity (Wildman–Crippen MR) is 146 cm³/mol. The van der Waals surface area contributed by atoms with E-state index in [0.29, 0.717) is 52.6 Å². The van der Waals surface area contributed by atoms with Gasteiger partial charge in [-0.2, -0.15) is 9.78 Å². The van der Waals surface area contributed by atoms with Crippen LogP contribution in [0.5, 0.6) is 17.2 Å². The number of halogens is 1. The summed E-state index contributed by atoms with van der Waals surface area (Å²) < 4.78 is 19.4. The maximum absolute atomic E-state index is 13.3. The molecule has 1 aromatic heterocycles. The molecule has 4 rings (SSSR count). The molecule has 0 saturated heterocycles. The minimum atomic E-state index is -0.217. The second-order valence-corrected chi connectivity index (χ2v) is 9.10. The number of rotatable bonds is 10. The van der Waals surface area contributed by atoms with Gasteiger partial charge in [-0.15, -0.1) is 0 Å². The lowest BCUT2D eigenvalue weighted by Gasteiger charge is -2.15. The molecule has 0 spiro atoms. The van der Waals surface area contributed by atoms with Crippen molar-refractivity contribution in [3.63, 3.8) is 0 Å². The SMILES string of the molecule is CCCCc1nc2ccc(Br)cc2c(=O)n1N=Cc1cc(OC)c(OCc2ccccc2)c(OC)c1. The molecule has 186 valence electrons. The van der Waals surface area contributed by atoms with E-state index in [4.69, 9.17) is 19.2 Å². The van der Waals surface area contributed by atoms with Gasteiger partial charge in [0.1, 0.15) is 12.4 Å². The Morgan fingerprint density at radius 3 is 2.42 bits per heavy atom. The van der Waals surface area contributed by atoms with Crippen molar-refractivity contribution >= 4 is 33.0 Å². The van der Waals surface area contributed by atoms with Gasteiger partial charge in [0.2, 0.25) is 5.75 Å². The molecule has 0 aliphatic rings. The molecule has 0 aliphatic heterocycles. The van der Waals surface area contributed by atoms with Crippen molar-refractivity contribution in [1.82, 2.24) is 9.66 Å². The number of unbranched alkanes of at least 4 members (excludes halogenated alkanes) is 1. The predicted octanol–water partition coefficient (Wildman–Crippen LogP) is 5.98. The number of nitrogens with zero attached hydrogens (tertiary/aromatic N) is 3. The number of hydrogen-bond acceptors (Lipinski definition) is 6. The normalized spacial score (nSPS) is 11.2. The quantitative estimate of drug-likeness (QED) is 0.227. The average molecular weight is 550 g/mol. The van der Waals surface area contributed by atoms with Gasteiger partial charge in [-0.25, -0.2) is 4.98 Å². The molecule has 3 aromatic carbocycles. The van der Waals surface area contributed by atoms with Crippen LogP contribution in [0.2, 0.25) is 0 Å². The number of benzene rings is 3. The Bertz CT molecular complexity index is 1410. The van der Waals surface area contributed by atoms with Crippen LogP contribution in [0.15, 0.2) is 75.0 Å². The lowest BCUT2D eigenvalue weighted by Crippen LogP contribution is -2.22. The molecule has 0 unspecified atom stereocenters. The first-order valence-electron chi connectivity index (χ1n) is 11.7. The molecule has 7 nitrogen and oxygen atoms in total. The summed E-state index contributed by atoms with van der Waals surface area (Å²) in [6.07, 6.45) is 4.14. The maximum Gasteiger partial charge on any atom is 0.282 e. The largest absolute Gasteiger partial charge is 0.493 e. The fourth-order valence-electron chi connectivity index (χ4n) is 3.78. The number of aromatic nitrogens is 2. The van der Waals surface area contributed by atoms with Crippen LogP contribution in [0.3, 0.4) is 0 Å². The van der Waals surface area contributed by atoms with E-state index in [9.17, 15) is 4.79 Å². The molecule has 0 N–H and O–H groups in total. The first kappa shape index (κ1) is 25.4. The molecule has 0 amide bonds. The molecule has 0 aliphatic carbocycles. The molecular weight excluding hydrogens is 522 g/mol. The van der Waals surface area contributed by atoms with Gasteiger partial charge in [-0.3, -0.25) is 4.79 Å². The number of hydrogen-bond donors (Lipinski definition) is 0. The smallest absolute Gasteiger partial charge is 0.282 e. The molecule has 0 saturated carbocycles. The third-order valence-corrected chi connectivity index (χ3v) is 6.15. The summed E-state index contributed by atoms with van der Waals surface area (Å²) in [4.78, 5) is 18.0. The van der Waals surface area contributed by atoms with Crippen LogP contribution in [0, 0.1) is 0 Å². The maximum atomic E-state index is 13.3. The van der Waals surface area contributed by atoms with Crippen molar-refractivity contribution in [1.29, 1.82) is 0 Å². The zero-order valence-electron chi connectivity index (χ0n) is 20.5. The van der Waals surface area contributed by atoms with E-state index in [0.717, 1.165) is 22.9 Å². The van der Waals surface area contributed by atoms with Gasteiger partial charge in [-0.1, -0.05) is 59.6 Å². The van der Waals surface area contributed by atoms with E-state index in [-0.39, 0.29) is 5.56 Å². The van der Waals surface area contributed by atoms with Crippen molar-refractivity contribution in [2.24, 2.45) is 5.10 Å². The molecule has 0 bridgehead atoms. The molecule has 0 radical (unpaired) electrons. The highest BCUT2D eigenvalue weighted by Crippen LogP contribution is 2.38. The van der Waals surface area contributed by atoms with E-state index in [2.05, 4.69) is 28.0 Å². The van der Waals surface area contributed by atoms with Crippen LogP contribution in [0.25, 0.3) is 10.9 Å². The first-order chi connectivity index (χ1) is 17.5. The van der Waals surface area contributed by atoms with Crippen molar-refractivity contribution < 1.29 is 14.2 Å². The zero-order valence-corrected chi connectivity index (χ0v) is 22.1. The van der Waals surface area contributed by atoms with E-state index in [1.165, 1.54) is 4.68 Å². The summed E-state index contributed by atoms with van der Waals surface area (Å²) in [7, 11) is 3.15. The molecular formula is C28H28BrN3O4. The standard InChI is InChI=1S/C28H28BrN3O4/c1-4-5-11-26-31-23-13-12-21(29)16-22(23)28(33)32(26)30-17-20-14-24(34-2)27(25(15-20)35-3)36-18-19-9-7-6-8-10-19/h6-10,12-17H,4-5,11,18H2,1-3H3. The third-order valence-electron chi connectivity index (χ3n) is 5.66. The lowest BCUT2D eigenvalue weighted by atomic mass is 10.2. The summed E-state index contributed by atoms with van der Waals surface area (Å²) in [5.41, 5.74) is 2.16. The summed E-state index contributed by atoms with van der Waals surface area (Å²) in [5.74, 6) is 2.13. The highest BCUT2D eigenvalue weighted by molar-refractivity contribution is 9.10. The van der Waals surface area contributed by atoms with Crippen molar-refractivity contribution in [2.75, 3.05) is 14.2 Å². The minimum Gasteiger partial charge on any atom is -0.493 e. The highest BCUT2D eigenvalue weighted by atomic mass is 79.9. The monoisotopic (exact) mass is 549 g/mol. The molecule has 1 heterocycles. The van der Waals surface area contributed by atoms with Crippen molar-refractivity contribution in [3.05, 3.63) is 92.4 Å². The number of fused-ring (bicyclic) bond motifs is 1. The summed E-state index contributed by atoms with van der Waals surface area (Å²) in [6, 6.07) is 19.0. The summed E-state index contributed by atoms with van der Waals surface area (Å²) in [6.45, 7) is 2.47. The van der Waals surface area contributed by atoms with Crippen LogP contribution in [-0.2, 0) is 13.0 Å². The van der Waals surface area contributed by atoms with Gasteiger partial charge in [0.25, 0.3) is 5.56 Å². The fourth-order valence-corrected chi connectivity index (χ4v) is 4.14. The first-order valence-corrected chi connectivity index (χ1v) is 12.5. The Morgan fingerprint density at radius 2 is 1.75 bits per heavy atom. The lowest BCUT2D eigenvalue weighted by molar-refractivity contribution is 0.266. The molecule has 36 heavy (non-hydrogen) atoms. The van der Waals surface area contributed by atoms with E-state index in [1.54, 1.807) is 38.6 Å². The van der Waals surface area contributed by atoms with Gasteiger partial charge in [0, 0.05) is 16.5 Å². The average Bonchev–Trinajstić information content (AvgIpc) is 2.91. The topological polar surface area (TPSA) is 74.9 Å². The van der Waals surface area contributed by atoms with E-state index in [1.807, 2.05) is 42.5 Å². The molecule has 4 aromatic rings. The van der Waals surface area contributed by atoms with Gasteiger partial charge < -0.3 is 14.2 Å². The number of ether oxygens (including phenoxy) is 3. The van der Waals surface area contributed by atoms with Crippen molar-refractivity contribution in [2.45, 2.75) is 32.8 Å².